The zero-order valence-electron chi connectivity index (χ0n) is 46.2. The molecule has 0 radical (unpaired) electrons. The summed E-state index contributed by atoms with van der Waals surface area (Å²) in [6.07, 6.45) is 14.1. The van der Waals surface area contributed by atoms with Crippen molar-refractivity contribution in [3.05, 3.63) is 280 Å². The van der Waals surface area contributed by atoms with E-state index in [2.05, 4.69) is 212 Å². The first-order chi connectivity index (χ1) is 37.3. The number of aliphatic imine (C=N–C) groups is 1. The Hall–Kier alpha value is -9.53. The SMILES string of the molecule is C=CN(C(=C)c1cc(Cc2cc[c-]cc2)c2c3c(C4C=CC=CC4C)cc(C(=C)C)c4c(C(CC)=Nc5ccccc5C)cc(Cc5ccc(C)cc5)c(c5c(Cc6ccc(N)cc6)cc(C)c1c52)c43)c1ccccc1C.[Cm]. The molecule has 0 bridgehead atoms. The standard InChI is InChI=1S/C74H68N3.Cm/c1-11-64(76-65-28-20-17-23-48(65)7)63-43-57(41-53-32-30-46(5)31-33-53)69-68-55(40-54-34-36-58(75)37-35-54)38-50(9)67-61(51(10)77(12-2)66-29-21-18-24-49(66)8)42-56(39-52-25-14-13-15-26-52)70(73(67)68)72-62(59-27-19-16-22-47(59)6)44-60(45(3)4)71(63)74(69)72;/h12,14-38,42-44,47,59H,2-3,10-11,39-41,75H2,1,4-9H3;/q-1;. The van der Waals surface area contributed by atoms with Crippen LogP contribution in [0.4, 0.5) is 17.1 Å². The van der Waals surface area contributed by atoms with Crippen molar-refractivity contribution in [2.45, 2.75) is 80.1 Å². The fourth-order valence-electron chi connectivity index (χ4n) is 12.4. The Morgan fingerprint density at radius 2 is 1.17 bits per heavy atom. The number of nitrogens with zero attached hydrogens (tertiary/aromatic N) is 2. The Balaban J connectivity index is 0.00000688. The molecule has 11 rings (SSSR count). The molecule has 3 nitrogen and oxygen atoms in total. The topological polar surface area (TPSA) is 41.6 Å². The molecular weight excluding hydrogens is 1180 g/mol. The van der Waals surface area contributed by atoms with Crippen molar-refractivity contribution in [1.82, 2.24) is 0 Å². The summed E-state index contributed by atoms with van der Waals surface area (Å²) in [5.41, 5.74) is 29.1. The van der Waals surface area contributed by atoms with Gasteiger partial charge in [0, 0.05) is 46.0 Å². The minimum atomic E-state index is 0. The Labute approximate surface area is 456 Å². The van der Waals surface area contributed by atoms with Crippen molar-refractivity contribution in [2.24, 2.45) is 10.9 Å². The molecule has 10 aromatic carbocycles. The van der Waals surface area contributed by atoms with Gasteiger partial charge in [0.05, 0.1) is 5.69 Å². The van der Waals surface area contributed by atoms with Crippen LogP contribution in [-0.4, -0.2) is 5.71 Å². The predicted octanol–water partition coefficient (Wildman–Crippen LogP) is 19.2. The van der Waals surface area contributed by atoms with Crippen molar-refractivity contribution >= 4 is 77.1 Å². The molecule has 0 heterocycles. The fourth-order valence-corrected chi connectivity index (χ4v) is 12.4. The number of nitrogens with two attached hydrogens (primary N) is 1. The van der Waals surface area contributed by atoms with Crippen LogP contribution >= 0.6 is 0 Å². The summed E-state index contributed by atoms with van der Waals surface area (Å²) in [5.74, 6) is 0.319. The number of anilines is 2. The van der Waals surface area contributed by atoms with Gasteiger partial charge < -0.3 is 10.6 Å². The summed E-state index contributed by atoms with van der Waals surface area (Å²) in [7, 11) is 0. The molecule has 0 spiro atoms. The fraction of sp³-hybridized carbons (Fsp3) is 0.176. The molecule has 10 aromatic rings. The second-order valence-electron chi connectivity index (χ2n) is 21.6. The van der Waals surface area contributed by atoms with E-state index in [9.17, 15) is 0 Å². The van der Waals surface area contributed by atoms with Gasteiger partial charge in [-0.1, -0.05) is 148 Å². The van der Waals surface area contributed by atoms with Crippen molar-refractivity contribution in [3.63, 3.8) is 0 Å². The summed E-state index contributed by atoms with van der Waals surface area (Å²) in [4.78, 5) is 7.84. The summed E-state index contributed by atoms with van der Waals surface area (Å²) >= 11 is 0. The largest absolute Gasteiger partial charge is 0.399 e. The first-order valence-electron chi connectivity index (χ1n) is 27.3. The molecule has 4 heteroatoms. The van der Waals surface area contributed by atoms with Gasteiger partial charge in [0.1, 0.15) is 0 Å². The summed E-state index contributed by atoms with van der Waals surface area (Å²) in [6, 6.07) is 56.5. The predicted molar refractivity (Wildman–Crippen MR) is 334 cm³/mol. The quantitative estimate of drug-likeness (QED) is 0.0365. The van der Waals surface area contributed by atoms with Crippen molar-refractivity contribution < 1.29 is 0 Å². The van der Waals surface area contributed by atoms with Crippen molar-refractivity contribution in [1.29, 1.82) is 0 Å². The molecule has 0 aromatic heterocycles. The van der Waals surface area contributed by atoms with Gasteiger partial charge in [0.25, 0.3) is 0 Å². The van der Waals surface area contributed by atoms with Gasteiger partial charge in [-0.15, -0.1) is 0 Å². The molecule has 2 N–H and O–H groups in total. The van der Waals surface area contributed by atoms with Crippen LogP contribution in [0.15, 0.2) is 201 Å². The Morgan fingerprint density at radius 3 is 1.78 bits per heavy atom. The van der Waals surface area contributed by atoms with E-state index in [4.69, 9.17) is 23.9 Å². The zero-order chi connectivity index (χ0) is 53.6. The van der Waals surface area contributed by atoms with Gasteiger partial charge in [-0.05, 0) is 207 Å². The van der Waals surface area contributed by atoms with Crippen LogP contribution in [0.25, 0.3) is 54.4 Å². The van der Waals surface area contributed by atoms with Crippen LogP contribution in [-0.2, 0) is 19.3 Å². The number of aryl methyl sites for hydroxylation is 4. The number of benzene rings is 10. The number of hydrogen-bond acceptors (Lipinski definition) is 3. The van der Waals surface area contributed by atoms with E-state index in [-0.39, 0.29) is 11.8 Å². The smallest absolute Gasteiger partial charge is 0.0662 e. The second-order valence-corrected chi connectivity index (χ2v) is 21.6. The normalized spacial score (nSPS) is 14.4. The van der Waals surface area contributed by atoms with E-state index < -0.39 is 0 Å². The maximum Gasteiger partial charge on any atom is 0.0662 e. The molecule has 0 aliphatic heterocycles. The third-order valence-electron chi connectivity index (χ3n) is 16.3. The maximum atomic E-state index is 6.41. The molecule has 0 fully saturated rings. The van der Waals surface area contributed by atoms with Crippen molar-refractivity contribution in [3.8, 4) is 0 Å². The number of rotatable bonds is 15. The van der Waals surface area contributed by atoms with Crippen LogP contribution < -0.4 is 10.6 Å². The molecule has 388 valence electrons. The average molecular weight is 1250 g/mol. The van der Waals surface area contributed by atoms with Crippen LogP contribution in [0.1, 0.15) is 111 Å². The molecule has 2 atom stereocenters. The Kier molecular flexibility index (Phi) is 14.1. The minimum absolute atomic E-state index is 0. The maximum absolute atomic E-state index is 6.41. The Morgan fingerprint density at radius 1 is 0.603 bits per heavy atom. The van der Waals surface area contributed by atoms with E-state index in [1.807, 2.05) is 30.5 Å². The van der Waals surface area contributed by atoms with Crippen LogP contribution in [0.2, 0.25) is 0 Å². The van der Waals surface area contributed by atoms with Gasteiger partial charge in [0.15, 0.2) is 0 Å². The summed E-state index contributed by atoms with van der Waals surface area (Å²) in [6.45, 7) is 29.9. The molecule has 0 amide bonds. The van der Waals surface area contributed by atoms with Crippen LogP contribution in [0, 0.1) is 39.7 Å². The Bertz CT molecular complexity index is 4060. The van der Waals surface area contributed by atoms with Crippen LogP contribution in [0.5, 0.6) is 0 Å². The summed E-state index contributed by atoms with van der Waals surface area (Å²) < 4.78 is 0. The van der Waals surface area contributed by atoms with E-state index in [0.29, 0.717) is 12.8 Å². The van der Waals surface area contributed by atoms with Gasteiger partial charge >= 0.3 is 0 Å². The first-order valence-corrected chi connectivity index (χ1v) is 27.3. The molecule has 78 heavy (non-hydrogen) atoms. The van der Waals surface area contributed by atoms with Crippen LogP contribution in [0.3, 0.4) is 0 Å². The van der Waals surface area contributed by atoms with Crippen molar-refractivity contribution in [2.75, 3.05) is 10.6 Å². The van der Waals surface area contributed by atoms with E-state index in [0.717, 1.165) is 74.7 Å². The number of para-hydroxylation sites is 2. The average Bonchev–Trinajstić information content (AvgIpc) is 1.84. The molecule has 1 aliphatic rings. The van der Waals surface area contributed by atoms with E-state index in [1.54, 1.807) is 0 Å². The minimum Gasteiger partial charge on any atom is -0.399 e. The molecule has 0 saturated heterocycles. The zero-order valence-corrected chi connectivity index (χ0v) is 49.1. The van der Waals surface area contributed by atoms with Gasteiger partial charge in [-0.2, -0.15) is 35.9 Å². The molecule has 2 unspecified atom stereocenters. The third kappa shape index (κ3) is 9.25. The molecule has 0 saturated carbocycles. The van der Waals surface area contributed by atoms with Gasteiger partial charge in [-0.3, -0.25) is 4.99 Å². The van der Waals surface area contributed by atoms with E-state index >= 15 is 0 Å². The monoisotopic (exact) mass is 1240 g/mol. The number of nitrogen functional groups attached to an aromatic ring is 1. The van der Waals surface area contributed by atoms with Gasteiger partial charge in [0.2, 0.25) is 0 Å². The summed E-state index contributed by atoms with van der Waals surface area (Å²) in [5, 5.41) is 10.1. The van der Waals surface area contributed by atoms with E-state index in [1.165, 1.54) is 93.2 Å². The molecular formula is C74H68CmN3-. The van der Waals surface area contributed by atoms with Gasteiger partial charge in [-0.25, -0.2) is 0 Å². The number of hydrogen-bond donors (Lipinski definition) is 1. The second kappa shape index (κ2) is 21.2. The first kappa shape index (κ1) is 51.9. The third-order valence-corrected chi connectivity index (χ3v) is 16.3. The number of allylic oxidation sites excluding steroid dienone is 5. The molecule has 1 aliphatic carbocycles. The number of fused-ring (bicyclic) bond motifs is 2.